The van der Waals surface area contributed by atoms with E-state index >= 15 is 0 Å². The Kier molecular flexibility index (Phi) is 5.54. The first kappa shape index (κ1) is 20.9. The number of thiophene rings is 1. The van der Waals surface area contributed by atoms with Crippen molar-refractivity contribution in [3.8, 4) is 0 Å². The van der Waals surface area contributed by atoms with E-state index in [-0.39, 0.29) is 29.3 Å². The molecule has 2 aromatic rings. The van der Waals surface area contributed by atoms with Crippen molar-refractivity contribution in [2.75, 3.05) is 31.8 Å². The summed E-state index contributed by atoms with van der Waals surface area (Å²) in [6.07, 6.45) is 4.30. The minimum atomic E-state index is -0.314. The number of fused-ring (bicyclic) bond motifs is 1. The van der Waals surface area contributed by atoms with Crippen LogP contribution in [0.25, 0.3) is 0 Å². The Bertz CT molecular complexity index is 988. The number of hydrogen-bond acceptors (Lipinski definition) is 5. The third-order valence-corrected chi connectivity index (χ3v) is 8.21. The first-order chi connectivity index (χ1) is 15.0. The van der Waals surface area contributed by atoms with Crippen molar-refractivity contribution in [3.05, 3.63) is 51.2 Å². The molecule has 0 spiro atoms. The van der Waals surface area contributed by atoms with Crippen LogP contribution in [-0.4, -0.2) is 55.7 Å². The fourth-order valence-electron chi connectivity index (χ4n) is 5.18. The molecule has 0 radical (unpaired) electrons. The van der Waals surface area contributed by atoms with Gasteiger partial charge in [-0.05, 0) is 49.1 Å². The van der Waals surface area contributed by atoms with Crippen molar-refractivity contribution in [1.82, 2.24) is 10.2 Å². The van der Waals surface area contributed by atoms with Crippen LogP contribution in [0.5, 0.6) is 0 Å². The molecular weight excluding hydrogens is 434 g/mol. The summed E-state index contributed by atoms with van der Waals surface area (Å²) >= 11 is 7.20. The van der Waals surface area contributed by atoms with E-state index < -0.39 is 0 Å². The van der Waals surface area contributed by atoms with E-state index in [4.69, 9.17) is 16.3 Å². The van der Waals surface area contributed by atoms with Gasteiger partial charge in [0.15, 0.2) is 0 Å². The summed E-state index contributed by atoms with van der Waals surface area (Å²) in [5, 5.41) is 3.05. The molecule has 1 aromatic carbocycles. The van der Waals surface area contributed by atoms with Crippen LogP contribution in [0.3, 0.4) is 0 Å². The molecule has 0 bridgehead atoms. The van der Waals surface area contributed by atoms with Crippen molar-refractivity contribution in [3.63, 3.8) is 0 Å². The summed E-state index contributed by atoms with van der Waals surface area (Å²) in [7, 11) is 1.76. The number of carbonyl (C=O) groups is 2. The molecule has 8 heteroatoms. The van der Waals surface area contributed by atoms with Gasteiger partial charge in [0.05, 0.1) is 28.5 Å². The van der Waals surface area contributed by atoms with Crippen LogP contribution in [0.2, 0.25) is 4.34 Å². The lowest BCUT2D eigenvalue weighted by molar-refractivity contribution is -0.119. The highest BCUT2D eigenvalue weighted by Gasteiger charge is 2.48. The van der Waals surface area contributed by atoms with E-state index in [2.05, 4.69) is 22.3 Å². The molecule has 1 aromatic heterocycles. The summed E-state index contributed by atoms with van der Waals surface area (Å²) in [6.45, 7) is 2.09. The lowest BCUT2D eigenvalue weighted by atomic mass is 9.65. The minimum absolute atomic E-state index is 0.0509. The van der Waals surface area contributed by atoms with Gasteiger partial charge in [-0.25, -0.2) is 0 Å². The molecule has 2 saturated heterocycles. The number of nitrogens with zero attached hydrogens (tertiary/aromatic N) is 2. The van der Waals surface area contributed by atoms with Crippen LogP contribution in [0.4, 0.5) is 5.69 Å². The van der Waals surface area contributed by atoms with E-state index in [1.54, 1.807) is 19.2 Å². The SMILES string of the molecule is COCC1(c2ccc(N3CN4CC[C@@H](NC(=O)c5ccc(Cl)s5)[C@H]4C3=O)cc2)CCC1. The molecule has 1 saturated carbocycles. The van der Waals surface area contributed by atoms with Crippen LogP contribution < -0.4 is 10.2 Å². The van der Waals surface area contributed by atoms with Crippen molar-refractivity contribution in [1.29, 1.82) is 0 Å². The molecule has 2 atom stereocenters. The zero-order valence-electron chi connectivity index (χ0n) is 17.5. The van der Waals surface area contributed by atoms with Crippen LogP contribution in [0.15, 0.2) is 36.4 Å². The summed E-state index contributed by atoms with van der Waals surface area (Å²) in [5.74, 6) is -0.113. The van der Waals surface area contributed by atoms with Crippen LogP contribution >= 0.6 is 22.9 Å². The number of amides is 2. The van der Waals surface area contributed by atoms with Gasteiger partial charge in [-0.1, -0.05) is 30.2 Å². The molecular formula is C23H26ClN3O3S. The predicted molar refractivity (Wildman–Crippen MR) is 122 cm³/mol. The topological polar surface area (TPSA) is 61.9 Å². The van der Waals surface area contributed by atoms with Gasteiger partial charge in [-0.2, -0.15) is 0 Å². The maximum atomic E-state index is 13.3. The number of rotatable bonds is 6. The van der Waals surface area contributed by atoms with Gasteiger partial charge in [0, 0.05) is 24.8 Å². The Labute approximate surface area is 191 Å². The average Bonchev–Trinajstić information content (AvgIpc) is 3.42. The Morgan fingerprint density at radius 3 is 2.65 bits per heavy atom. The molecule has 31 heavy (non-hydrogen) atoms. The fourth-order valence-corrected chi connectivity index (χ4v) is 6.13. The maximum Gasteiger partial charge on any atom is 0.261 e. The molecule has 3 aliphatic rings. The monoisotopic (exact) mass is 459 g/mol. The smallest absolute Gasteiger partial charge is 0.261 e. The van der Waals surface area contributed by atoms with E-state index in [9.17, 15) is 9.59 Å². The summed E-state index contributed by atoms with van der Waals surface area (Å²) < 4.78 is 6.05. The Balaban J connectivity index is 1.29. The Morgan fingerprint density at radius 1 is 1.26 bits per heavy atom. The second-order valence-corrected chi connectivity index (χ2v) is 10.5. The molecule has 6 nitrogen and oxygen atoms in total. The average molecular weight is 460 g/mol. The van der Waals surface area contributed by atoms with Crippen molar-refractivity contribution in [2.24, 2.45) is 0 Å². The van der Waals surface area contributed by atoms with Gasteiger partial charge in [-0.15, -0.1) is 11.3 Å². The van der Waals surface area contributed by atoms with Crippen molar-refractivity contribution in [2.45, 2.75) is 43.2 Å². The molecule has 3 heterocycles. The normalized spacial score (nSPS) is 24.8. The van der Waals surface area contributed by atoms with Gasteiger partial charge in [0.25, 0.3) is 5.91 Å². The van der Waals surface area contributed by atoms with E-state index in [1.165, 1.54) is 23.3 Å². The maximum absolute atomic E-state index is 13.3. The zero-order chi connectivity index (χ0) is 21.6. The minimum Gasteiger partial charge on any atom is -0.384 e. The highest BCUT2D eigenvalue weighted by molar-refractivity contribution is 7.18. The molecule has 2 amide bonds. The third-order valence-electron chi connectivity index (χ3n) is 6.98. The number of anilines is 1. The molecule has 1 aliphatic carbocycles. The van der Waals surface area contributed by atoms with Crippen LogP contribution in [-0.2, 0) is 14.9 Å². The van der Waals surface area contributed by atoms with Crippen LogP contribution in [0, 0.1) is 0 Å². The van der Waals surface area contributed by atoms with Crippen molar-refractivity contribution < 1.29 is 14.3 Å². The number of ether oxygens (including phenoxy) is 1. The highest BCUT2D eigenvalue weighted by Crippen LogP contribution is 2.44. The van der Waals surface area contributed by atoms with E-state index in [0.717, 1.165) is 38.1 Å². The van der Waals surface area contributed by atoms with Gasteiger partial charge in [0.2, 0.25) is 5.91 Å². The van der Waals surface area contributed by atoms with Gasteiger partial charge >= 0.3 is 0 Å². The summed E-state index contributed by atoms with van der Waals surface area (Å²) in [5.41, 5.74) is 2.32. The van der Waals surface area contributed by atoms with Gasteiger partial charge in [0.1, 0.15) is 6.04 Å². The molecule has 5 rings (SSSR count). The quantitative estimate of drug-likeness (QED) is 0.716. The van der Waals surface area contributed by atoms with Crippen molar-refractivity contribution >= 4 is 40.4 Å². The Morgan fingerprint density at radius 2 is 2.03 bits per heavy atom. The number of benzene rings is 1. The lowest BCUT2D eigenvalue weighted by Gasteiger charge is -2.42. The number of hydrogen-bond donors (Lipinski definition) is 1. The summed E-state index contributed by atoms with van der Waals surface area (Å²) in [6, 6.07) is 11.3. The van der Waals surface area contributed by atoms with Gasteiger partial charge < -0.3 is 10.1 Å². The number of carbonyl (C=O) groups excluding carboxylic acids is 2. The number of nitrogens with one attached hydrogen (secondary N) is 1. The second kappa shape index (κ2) is 8.20. The second-order valence-electron chi connectivity index (χ2n) is 8.75. The number of methoxy groups -OCH3 is 1. The largest absolute Gasteiger partial charge is 0.384 e. The van der Waals surface area contributed by atoms with E-state index in [0.29, 0.717) is 15.9 Å². The standard InChI is InChI=1S/C23H26ClN3O3S/c1-30-13-23(10-2-11-23)15-3-5-16(6-4-15)27-14-26-12-9-17(20(26)22(27)29)25-21(28)18-7-8-19(24)31-18/h3-8,17,20H,2,9-14H2,1H3,(H,25,28)/t17-,20+/m1/s1. The third kappa shape index (κ3) is 3.67. The first-order valence-corrected chi connectivity index (χ1v) is 11.9. The molecule has 1 N–H and O–H groups in total. The van der Waals surface area contributed by atoms with Gasteiger partial charge in [-0.3, -0.25) is 19.4 Å². The zero-order valence-corrected chi connectivity index (χ0v) is 19.0. The fraction of sp³-hybridized carbons (Fsp3) is 0.478. The molecule has 2 aliphatic heterocycles. The van der Waals surface area contributed by atoms with E-state index in [1.807, 2.05) is 17.0 Å². The lowest BCUT2D eigenvalue weighted by Crippen LogP contribution is -2.46. The molecule has 164 valence electrons. The summed E-state index contributed by atoms with van der Waals surface area (Å²) in [4.78, 5) is 30.4. The highest BCUT2D eigenvalue weighted by atomic mass is 35.5. The first-order valence-electron chi connectivity index (χ1n) is 10.7. The number of halogens is 1. The Hall–Kier alpha value is -1.93. The molecule has 3 fully saturated rings. The molecule has 0 unspecified atom stereocenters. The van der Waals surface area contributed by atoms with Crippen LogP contribution in [0.1, 0.15) is 40.9 Å². The predicted octanol–water partition coefficient (Wildman–Crippen LogP) is 3.65.